The van der Waals surface area contributed by atoms with E-state index >= 15 is 0 Å². The third-order valence-electron chi connectivity index (χ3n) is 3.11. The number of rotatable bonds is 4. The highest BCUT2D eigenvalue weighted by Gasteiger charge is 2.37. The summed E-state index contributed by atoms with van der Waals surface area (Å²) in [5.41, 5.74) is 6.45. The van der Waals surface area contributed by atoms with Gasteiger partial charge in [0.15, 0.2) is 17.3 Å². The van der Waals surface area contributed by atoms with Crippen molar-refractivity contribution in [1.82, 2.24) is 0 Å². The van der Waals surface area contributed by atoms with Crippen LogP contribution in [0.4, 0.5) is 0 Å². The molecule has 18 heavy (non-hydrogen) atoms. The summed E-state index contributed by atoms with van der Waals surface area (Å²) < 4.78 is 16.6. The molecule has 1 aromatic carbocycles. The predicted octanol–water partition coefficient (Wildman–Crippen LogP) is 1.55. The molecule has 0 aliphatic carbocycles. The van der Waals surface area contributed by atoms with Gasteiger partial charge in [-0.1, -0.05) is 6.07 Å². The highest BCUT2D eigenvalue weighted by Crippen LogP contribution is 2.37. The Morgan fingerprint density at radius 3 is 3.00 bits per heavy atom. The van der Waals surface area contributed by atoms with Gasteiger partial charge in [-0.25, -0.2) is 0 Å². The number of hydrogen-bond donors (Lipinski definition) is 2. The van der Waals surface area contributed by atoms with E-state index in [2.05, 4.69) is 0 Å². The molecule has 3 N–H and O–H groups in total. The first-order valence-electron chi connectivity index (χ1n) is 5.97. The average molecular weight is 253 g/mol. The largest absolute Gasteiger partial charge is 0.504 e. The normalized spacial score (nSPS) is 27.4. The second-order valence-electron chi connectivity index (χ2n) is 4.52. The molecule has 100 valence electrons. The second-order valence-corrected chi connectivity index (χ2v) is 4.52. The number of hydrogen-bond acceptors (Lipinski definition) is 5. The average Bonchev–Trinajstić information content (AvgIpc) is 2.73. The lowest BCUT2D eigenvalue weighted by Crippen LogP contribution is -2.28. The Balaban J connectivity index is 2.14. The summed E-state index contributed by atoms with van der Waals surface area (Å²) in [4.78, 5) is 0. The van der Waals surface area contributed by atoms with Gasteiger partial charge >= 0.3 is 0 Å². The van der Waals surface area contributed by atoms with Crippen molar-refractivity contribution in [3.05, 3.63) is 23.8 Å². The maximum atomic E-state index is 9.55. The molecule has 0 aromatic heterocycles. The Kier molecular flexibility index (Phi) is 3.75. The van der Waals surface area contributed by atoms with E-state index < -0.39 is 5.79 Å². The Hall–Kier alpha value is -1.30. The molecule has 1 aliphatic rings. The van der Waals surface area contributed by atoms with Crippen molar-refractivity contribution in [1.29, 1.82) is 0 Å². The van der Waals surface area contributed by atoms with E-state index in [4.69, 9.17) is 19.9 Å². The third kappa shape index (κ3) is 2.58. The van der Waals surface area contributed by atoms with Crippen LogP contribution in [0.25, 0.3) is 0 Å². The summed E-state index contributed by atoms with van der Waals surface area (Å²) >= 11 is 0. The zero-order valence-corrected chi connectivity index (χ0v) is 10.7. The topological polar surface area (TPSA) is 73.9 Å². The summed E-state index contributed by atoms with van der Waals surface area (Å²) in [5.74, 6) is -0.0710. The molecule has 0 amide bonds. The summed E-state index contributed by atoms with van der Waals surface area (Å²) in [5, 5.41) is 9.55. The summed E-state index contributed by atoms with van der Waals surface area (Å²) in [6.45, 7) is 2.88. The lowest BCUT2D eigenvalue weighted by atomic mass is 10.1. The van der Waals surface area contributed by atoms with Crippen molar-refractivity contribution in [2.75, 3.05) is 20.3 Å². The predicted molar refractivity (Wildman–Crippen MR) is 66.5 cm³/mol. The molecule has 1 fully saturated rings. The van der Waals surface area contributed by atoms with Crippen LogP contribution in [0, 0.1) is 0 Å². The molecule has 0 bridgehead atoms. The first kappa shape index (κ1) is 13.1. The van der Waals surface area contributed by atoms with Crippen LogP contribution in [0.1, 0.15) is 25.0 Å². The highest BCUT2D eigenvalue weighted by molar-refractivity contribution is 5.42. The lowest BCUT2D eigenvalue weighted by molar-refractivity contribution is -0.157. The number of benzene rings is 1. The summed E-state index contributed by atoms with van der Waals surface area (Å²) in [7, 11) is 1.52. The fourth-order valence-corrected chi connectivity index (χ4v) is 2.07. The van der Waals surface area contributed by atoms with E-state index in [-0.39, 0.29) is 11.9 Å². The van der Waals surface area contributed by atoms with Crippen LogP contribution in [-0.2, 0) is 9.47 Å². The van der Waals surface area contributed by atoms with Crippen LogP contribution >= 0.6 is 0 Å². The van der Waals surface area contributed by atoms with Crippen LogP contribution in [0.15, 0.2) is 18.2 Å². The van der Waals surface area contributed by atoms with Crippen molar-refractivity contribution < 1.29 is 19.3 Å². The molecular formula is C13H19NO4. The Morgan fingerprint density at radius 2 is 2.33 bits per heavy atom. The van der Waals surface area contributed by atoms with E-state index in [0.717, 1.165) is 5.56 Å². The Morgan fingerprint density at radius 1 is 1.56 bits per heavy atom. The van der Waals surface area contributed by atoms with E-state index in [1.54, 1.807) is 18.2 Å². The van der Waals surface area contributed by atoms with Crippen LogP contribution in [0.2, 0.25) is 0 Å². The van der Waals surface area contributed by atoms with Crippen LogP contribution in [-0.4, -0.2) is 31.2 Å². The molecule has 1 saturated heterocycles. The van der Waals surface area contributed by atoms with Gasteiger partial charge in [0, 0.05) is 6.42 Å². The first-order chi connectivity index (χ1) is 8.58. The minimum atomic E-state index is -0.620. The van der Waals surface area contributed by atoms with Gasteiger partial charge in [0.1, 0.15) is 6.10 Å². The smallest absolute Gasteiger partial charge is 0.167 e. The van der Waals surface area contributed by atoms with Crippen LogP contribution in [0.5, 0.6) is 11.5 Å². The third-order valence-corrected chi connectivity index (χ3v) is 3.11. The van der Waals surface area contributed by atoms with Crippen molar-refractivity contribution in [2.24, 2.45) is 5.73 Å². The van der Waals surface area contributed by atoms with Gasteiger partial charge in [-0.15, -0.1) is 0 Å². The van der Waals surface area contributed by atoms with Crippen molar-refractivity contribution in [2.45, 2.75) is 25.2 Å². The zero-order chi connectivity index (χ0) is 13.2. The standard InChI is InChI=1S/C13H19NO4/c1-13(5-6-14)17-8-12(18-13)9-3-4-10(15)11(7-9)16-2/h3-4,7,12,15H,5-6,8,14H2,1-2H3. The van der Waals surface area contributed by atoms with Gasteiger partial charge in [-0.2, -0.15) is 0 Å². The van der Waals surface area contributed by atoms with Gasteiger partial charge in [0.25, 0.3) is 0 Å². The maximum Gasteiger partial charge on any atom is 0.167 e. The number of phenolic OH excluding ortho intramolecular Hbond substituents is 1. The van der Waals surface area contributed by atoms with E-state index in [1.807, 2.05) is 6.92 Å². The molecule has 1 heterocycles. The molecule has 2 unspecified atom stereocenters. The molecule has 1 aromatic rings. The summed E-state index contributed by atoms with van der Waals surface area (Å²) in [6.07, 6.45) is 0.495. The molecule has 0 spiro atoms. The van der Waals surface area contributed by atoms with E-state index in [1.165, 1.54) is 7.11 Å². The van der Waals surface area contributed by atoms with E-state index in [9.17, 15) is 5.11 Å². The SMILES string of the molecule is COc1cc(C2COC(C)(CCN)O2)ccc1O. The molecule has 0 radical (unpaired) electrons. The molecule has 0 saturated carbocycles. The number of nitrogens with two attached hydrogens (primary N) is 1. The van der Waals surface area contributed by atoms with Crippen LogP contribution in [0.3, 0.4) is 0 Å². The number of methoxy groups -OCH3 is 1. The molecule has 5 nitrogen and oxygen atoms in total. The minimum absolute atomic E-state index is 0.116. The fraction of sp³-hybridized carbons (Fsp3) is 0.538. The first-order valence-corrected chi connectivity index (χ1v) is 5.97. The van der Waals surface area contributed by atoms with Crippen molar-refractivity contribution >= 4 is 0 Å². The highest BCUT2D eigenvalue weighted by atomic mass is 16.7. The van der Waals surface area contributed by atoms with Gasteiger partial charge < -0.3 is 25.1 Å². The quantitative estimate of drug-likeness (QED) is 0.851. The molecular weight excluding hydrogens is 234 g/mol. The maximum absolute atomic E-state index is 9.55. The number of phenols is 1. The molecule has 1 aliphatic heterocycles. The van der Waals surface area contributed by atoms with Gasteiger partial charge in [-0.3, -0.25) is 0 Å². The zero-order valence-electron chi connectivity index (χ0n) is 10.7. The number of ether oxygens (including phenoxy) is 3. The van der Waals surface area contributed by atoms with Gasteiger partial charge in [0.05, 0.1) is 13.7 Å². The minimum Gasteiger partial charge on any atom is -0.504 e. The van der Waals surface area contributed by atoms with Crippen molar-refractivity contribution in [3.63, 3.8) is 0 Å². The van der Waals surface area contributed by atoms with Gasteiger partial charge in [0.2, 0.25) is 0 Å². The second kappa shape index (κ2) is 5.14. The van der Waals surface area contributed by atoms with Gasteiger partial charge in [-0.05, 0) is 31.2 Å². The fourth-order valence-electron chi connectivity index (χ4n) is 2.07. The Labute approximate surface area is 106 Å². The lowest BCUT2D eigenvalue weighted by Gasteiger charge is -2.22. The Bertz CT molecular complexity index is 423. The van der Waals surface area contributed by atoms with Crippen molar-refractivity contribution in [3.8, 4) is 11.5 Å². The molecule has 5 heteroatoms. The molecule has 2 atom stereocenters. The summed E-state index contributed by atoms with van der Waals surface area (Å²) in [6, 6.07) is 5.16. The van der Waals surface area contributed by atoms with Crippen LogP contribution < -0.4 is 10.5 Å². The number of aromatic hydroxyl groups is 1. The van der Waals surface area contributed by atoms with E-state index in [0.29, 0.717) is 25.3 Å². The monoisotopic (exact) mass is 253 g/mol. The molecule has 2 rings (SSSR count).